The third-order valence-electron chi connectivity index (χ3n) is 5.03. The van der Waals surface area contributed by atoms with Gasteiger partial charge in [-0.1, -0.05) is 11.6 Å². The first-order valence-electron chi connectivity index (χ1n) is 9.55. The van der Waals surface area contributed by atoms with E-state index in [9.17, 15) is 4.79 Å². The van der Waals surface area contributed by atoms with Gasteiger partial charge in [-0.25, -0.2) is 9.97 Å². The van der Waals surface area contributed by atoms with Gasteiger partial charge in [0.1, 0.15) is 17.9 Å². The molecule has 0 radical (unpaired) electrons. The zero-order chi connectivity index (χ0) is 21.3. The second kappa shape index (κ2) is 10.5. The van der Waals surface area contributed by atoms with Crippen molar-refractivity contribution in [3.8, 4) is 11.4 Å². The summed E-state index contributed by atoms with van der Waals surface area (Å²) in [6.07, 6.45) is 1.71. The molecule has 0 aliphatic carbocycles. The minimum Gasteiger partial charge on any atom is -0.412 e. The standard InChI is InChI=1S/C23H22ClN5O.ClH.H2O/c1-27(2)18-10-12-19(13-11-18)28(3)21(30)15-29-22(16-6-8-17(24)9-7-16)26-20-5-4-14-25-23(20)29;;/h4-14H,15H2,1-3H3;1H;1H2. The smallest absolute Gasteiger partial charge is 0.246 e. The summed E-state index contributed by atoms with van der Waals surface area (Å²) in [6, 6.07) is 19.0. The highest BCUT2D eigenvalue weighted by atomic mass is 35.5. The molecular weight excluding hydrogens is 449 g/mol. The van der Waals surface area contributed by atoms with Crippen LogP contribution in [0.3, 0.4) is 0 Å². The third kappa shape index (κ3) is 5.02. The number of imidazole rings is 1. The van der Waals surface area contributed by atoms with Gasteiger partial charge in [0, 0.05) is 49.3 Å². The summed E-state index contributed by atoms with van der Waals surface area (Å²) >= 11 is 6.04. The molecule has 1 amide bonds. The fourth-order valence-electron chi connectivity index (χ4n) is 3.29. The Morgan fingerprint density at radius 2 is 1.59 bits per heavy atom. The van der Waals surface area contributed by atoms with Crippen LogP contribution in [0.15, 0.2) is 66.9 Å². The molecule has 0 aliphatic heterocycles. The number of halogens is 2. The lowest BCUT2D eigenvalue weighted by molar-refractivity contribution is -0.118. The second-order valence-corrected chi connectivity index (χ2v) is 7.67. The average molecular weight is 474 g/mol. The summed E-state index contributed by atoms with van der Waals surface area (Å²) < 4.78 is 1.85. The molecule has 168 valence electrons. The monoisotopic (exact) mass is 473 g/mol. The number of carbonyl (C=O) groups is 1. The number of hydrogen-bond donors (Lipinski definition) is 0. The zero-order valence-corrected chi connectivity index (χ0v) is 19.6. The van der Waals surface area contributed by atoms with Gasteiger partial charge >= 0.3 is 0 Å². The van der Waals surface area contributed by atoms with Crippen molar-refractivity contribution in [3.05, 3.63) is 71.9 Å². The Labute approximate surface area is 198 Å². The quantitative estimate of drug-likeness (QED) is 0.436. The molecule has 0 spiro atoms. The Morgan fingerprint density at radius 1 is 0.969 bits per heavy atom. The second-order valence-electron chi connectivity index (χ2n) is 7.24. The number of hydrogen-bond acceptors (Lipinski definition) is 4. The summed E-state index contributed by atoms with van der Waals surface area (Å²) in [5, 5.41) is 0.650. The van der Waals surface area contributed by atoms with Crippen LogP contribution in [0, 0.1) is 0 Å². The number of benzene rings is 2. The van der Waals surface area contributed by atoms with Gasteiger partial charge in [0.2, 0.25) is 5.91 Å². The summed E-state index contributed by atoms with van der Waals surface area (Å²) in [5.41, 5.74) is 4.20. The molecular formula is C23H25Cl2N5O2. The number of amides is 1. The number of pyridine rings is 1. The van der Waals surface area contributed by atoms with E-state index >= 15 is 0 Å². The van der Waals surface area contributed by atoms with Crippen molar-refractivity contribution in [3.63, 3.8) is 0 Å². The van der Waals surface area contributed by atoms with Gasteiger partial charge in [-0.3, -0.25) is 9.36 Å². The third-order valence-corrected chi connectivity index (χ3v) is 5.28. The first-order valence-corrected chi connectivity index (χ1v) is 9.93. The highest BCUT2D eigenvalue weighted by molar-refractivity contribution is 6.30. The van der Waals surface area contributed by atoms with Gasteiger partial charge in [0.25, 0.3) is 0 Å². The molecule has 0 fully saturated rings. The minimum absolute atomic E-state index is 0. The fourth-order valence-corrected chi connectivity index (χ4v) is 3.41. The molecule has 9 heteroatoms. The number of carbonyl (C=O) groups excluding carboxylic acids is 1. The van der Waals surface area contributed by atoms with Crippen LogP contribution in [-0.4, -0.2) is 47.1 Å². The molecule has 32 heavy (non-hydrogen) atoms. The van der Waals surface area contributed by atoms with Crippen LogP contribution in [-0.2, 0) is 11.3 Å². The van der Waals surface area contributed by atoms with Crippen molar-refractivity contribution in [1.29, 1.82) is 0 Å². The van der Waals surface area contributed by atoms with E-state index in [4.69, 9.17) is 16.6 Å². The number of likely N-dealkylation sites (N-methyl/N-ethyl adjacent to an activating group) is 1. The SMILES string of the molecule is CN(C)c1ccc(N(C)C(=O)Cn2c(-c3ccc(Cl)cc3)nc3cccnc32)cc1.Cl.O. The molecule has 4 rings (SSSR count). The number of aromatic nitrogens is 3. The Bertz CT molecular complexity index is 1190. The van der Waals surface area contributed by atoms with E-state index in [2.05, 4.69) is 4.98 Å². The van der Waals surface area contributed by atoms with Crippen molar-refractivity contribution in [2.24, 2.45) is 0 Å². The first-order chi connectivity index (χ1) is 14.4. The predicted molar refractivity (Wildman–Crippen MR) is 133 cm³/mol. The fraction of sp³-hybridized carbons (Fsp3) is 0.174. The molecule has 0 saturated heterocycles. The van der Waals surface area contributed by atoms with Crippen LogP contribution >= 0.6 is 24.0 Å². The molecule has 0 unspecified atom stereocenters. The van der Waals surface area contributed by atoms with Gasteiger partial charge in [-0.05, 0) is 60.7 Å². The molecule has 2 aromatic heterocycles. The Morgan fingerprint density at radius 3 is 2.22 bits per heavy atom. The van der Waals surface area contributed by atoms with Crippen molar-refractivity contribution in [2.75, 3.05) is 30.9 Å². The first kappa shape index (κ1) is 25.1. The number of anilines is 2. The van der Waals surface area contributed by atoms with E-state index in [0.717, 1.165) is 22.5 Å². The van der Waals surface area contributed by atoms with Gasteiger partial charge in [-0.15, -0.1) is 12.4 Å². The maximum Gasteiger partial charge on any atom is 0.246 e. The highest BCUT2D eigenvalue weighted by Crippen LogP contribution is 2.26. The number of rotatable bonds is 5. The van der Waals surface area contributed by atoms with E-state index in [1.165, 1.54) is 0 Å². The molecule has 2 heterocycles. The van der Waals surface area contributed by atoms with E-state index in [-0.39, 0.29) is 30.3 Å². The van der Waals surface area contributed by atoms with E-state index in [0.29, 0.717) is 16.5 Å². The highest BCUT2D eigenvalue weighted by Gasteiger charge is 2.19. The van der Waals surface area contributed by atoms with Crippen LogP contribution < -0.4 is 9.80 Å². The molecule has 2 aromatic carbocycles. The largest absolute Gasteiger partial charge is 0.412 e. The topological polar surface area (TPSA) is 85.8 Å². The van der Waals surface area contributed by atoms with Gasteiger partial charge in [0.15, 0.2) is 5.65 Å². The lowest BCUT2D eigenvalue weighted by atomic mass is 10.2. The van der Waals surface area contributed by atoms with E-state index in [1.807, 2.05) is 84.2 Å². The Hall–Kier alpha value is -3.13. The van der Waals surface area contributed by atoms with Crippen LogP contribution in [0.5, 0.6) is 0 Å². The molecule has 2 N–H and O–H groups in total. The Kier molecular flexibility index (Phi) is 8.21. The summed E-state index contributed by atoms with van der Waals surface area (Å²) in [4.78, 5) is 26.0. The van der Waals surface area contributed by atoms with E-state index < -0.39 is 0 Å². The normalized spacial score (nSPS) is 10.2. The van der Waals surface area contributed by atoms with Crippen LogP contribution in [0.2, 0.25) is 5.02 Å². The van der Waals surface area contributed by atoms with Crippen molar-refractivity contribution < 1.29 is 10.3 Å². The van der Waals surface area contributed by atoms with Gasteiger partial charge in [-0.2, -0.15) is 0 Å². The molecule has 4 aromatic rings. The van der Waals surface area contributed by atoms with Crippen molar-refractivity contribution >= 4 is 52.5 Å². The van der Waals surface area contributed by atoms with Crippen LogP contribution in [0.4, 0.5) is 11.4 Å². The van der Waals surface area contributed by atoms with Crippen LogP contribution in [0.1, 0.15) is 0 Å². The van der Waals surface area contributed by atoms with Crippen LogP contribution in [0.25, 0.3) is 22.6 Å². The lowest BCUT2D eigenvalue weighted by Gasteiger charge is -2.20. The molecule has 0 atom stereocenters. The van der Waals surface area contributed by atoms with Crippen molar-refractivity contribution in [1.82, 2.24) is 14.5 Å². The zero-order valence-electron chi connectivity index (χ0n) is 18.0. The summed E-state index contributed by atoms with van der Waals surface area (Å²) in [6.45, 7) is 0.122. The number of fused-ring (bicyclic) bond motifs is 1. The number of nitrogens with zero attached hydrogens (tertiary/aromatic N) is 5. The molecule has 0 saturated carbocycles. The molecule has 7 nitrogen and oxygen atoms in total. The molecule has 0 aliphatic rings. The minimum atomic E-state index is -0.0623. The Balaban J connectivity index is 0.00000181. The predicted octanol–water partition coefficient (Wildman–Crippen LogP) is 4.08. The lowest BCUT2D eigenvalue weighted by Crippen LogP contribution is -2.30. The maximum atomic E-state index is 13.1. The summed E-state index contributed by atoms with van der Waals surface area (Å²) in [5.74, 6) is 0.623. The van der Waals surface area contributed by atoms with E-state index in [1.54, 1.807) is 18.1 Å². The van der Waals surface area contributed by atoms with Gasteiger partial charge in [0.05, 0.1) is 0 Å². The van der Waals surface area contributed by atoms with Crippen molar-refractivity contribution in [2.45, 2.75) is 6.54 Å². The summed E-state index contributed by atoms with van der Waals surface area (Å²) in [7, 11) is 5.75. The molecule has 0 bridgehead atoms. The van der Waals surface area contributed by atoms with Gasteiger partial charge < -0.3 is 15.3 Å². The average Bonchev–Trinajstić information content (AvgIpc) is 3.12. The maximum absolute atomic E-state index is 13.1.